The van der Waals surface area contributed by atoms with E-state index in [1.54, 1.807) is 17.2 Å². The molecule has 28 heavy (non-hydrogen) atoms. The molecule has 0 atom stereocenters. The van der Waals surface area contributed by atoms with Crippen LogP contribution >= 0.6 is 0 Å². The number of nitrogens with one attached hydrogen (secondary N) is 1. The lowest BCUT2D eigenvalue weighted by molar-refractivity contribution is 0.0303. The van der Waals surface area contributed by atoms with Crippen LogP contribution in [0.15, 0.2) is 48.7 Å². The number of anilines is 2. The minimum atomic E-state index is -0.364. The summed E-state index contributed by atoms with van der Waals surface area (Å²) in [6, 6.07) is 12.4. The molecule has 0 radical (unpaired) electrons. The Balaban J connectivity index is 1.84. The van der Waals surface area contributed by atoms with Crippen LogP contribution in [0.4, 0.5) is 15.8 Å². The number of hydrogen-bond acceptors (Lipinski definition) is 4. The Morgan fingerprint density at radius 2 is 2.00 bits per heavy atom. The summed E-state index contributed by atoms with van der Waals surface area (Å²) in [4.78, 5) is 19.3. The highest BCUT2D eigenvalue weighted by Crippen LogP contribution is 2.32. The number of aryl methyl sites for hydroxylation is 1. The highest BCUT2D eigenvalue weighted by atomic mass is 19.1. The van der Waals surface area contributed by atoms with Crippen molar-refractivity contribution in [1.29, 1.82) is 0 Å². The fourth-order valence-electron chi connectivity index (χ4n) is 3.48. The van der Waals surface area contributed by atoms with Crippen LogP contribution in [0.3, 0.4) is 0 Å². The highest BCUT2D eigenvalue weighted by molar-refractivity contribution is 6.08. The van der Waals surface area contributed by atoms with E-state index in [2.05, 4.69) is 17.2 Å². The van der Waals surface area contributed by atoms with Gasteiger partial charge in [-0.3, -0.25) is 9.78 Å². The number of aromatic nitrogens is 1. The van der Waals surface area contributed by atoms with Crippen molar-refractivity contribution in [2.45, 2.75) is 13.3 Å². The minimum absolute atomic E-state index is 0.126. The molecular formula is C22H22FN3O2. The maximum atomic E-state index is 14.0. The second-order valence-corrected chi connectivity index (χ2v) is 6.75. The summed E-state index contributed by atoms with van der Waals surface area (Å²) in [6.45, 7) is 4.17. The average Bonchev–Trinajstić information content (AvgIpc) is 2.74. The number of amides is 1. The molecule has 4 rings (SSSR count). The Labute approximate surface area is 163 Å². The third-order valence-electron chi connectivity index (χ3n) is 5.02. The van der Waals surface area contributed by atoms with Crippen LogP contribution in [0.1, 0.15) is 22.8 Å². The molecule has 1 aromatic heterocycles. The normalized spacial score (nSPS) is 14.3. The predicted octanol–water partition coefficient (Wildman–Crippen LogP) is 4.15. The average molecular weight is 379 g/mol. The van der Waals surface area contributed by atoms with E-state index in [4.69, 9.17) is 4.74 Å². The minimum Gasteiger partial charge on any atom is -0.378 e. The first-order chi connectivity index (χ1) is 13.7. The number of para-hydroxylation sites is 1. The number of rotatable bonds is 4. The summed E-state index contributed by atoms with van der Waals surface area (Å²) in [6.07, 6.45) is 2.42. The molecule has 0 unspecified atom stereocenters. The summed E-state index contributed by atoms with van der Waals surface area (Å²) in [5, 5.41) is 3.98. The van der Waals surface area contributed by atoms with Crippen molar-refractivity contribution in [2.24, 2.45) is 0 Å². The number of pyridine rings is 1. The first-order valence-electron chi connectivity index (χ1n) is 9.47. The van der Waals surface area contributed by atoms with Crippen LogP contribution in [-0.4, -0.2) is 42.1 Å². The Morgan fingerprint density at radius 3 is 2.79 bits per heavy atom. The predicted molar refractivity (Wildman–Crippen MR) is 108 cm³/mol. The molecule has 2 aromatic carbocycles. The number of benzene rings is 2. The van der Waals surface area contributed by atoms with Crippen molar-refractivity contribution in [1.82, 2.24) is 9.88 Å². The number of hydrogen-bond donors (Lipinski definition) is 1. The molecule has 3 aromatic rings. The lowest BCUT2D eigenvalue weighted by atomic mass is 10.1. The SMILES string of the molecule is CCc1ccccc1Nc1c(C(=O)N2CCOCC2)cnc2ccc(F)cc12. The molecule has 2 heterocycles. The van der Waals surface area contributed by atoms with E-state index in [1.165, 1.54) is 12.1 Å². The second-order valence-electron chi connectivity index (χ2n) is 6.75. The Morgan fingerprint density at radius 1 is 1.21 bits per heavy atom. The summed E-state index contributed by atoms with van der Waals surface area (Å²) < 4.78 is 19.4. The van der Waals surface area contributed by atoms with Crippen LogP contribution in [0.2, 0.25) is 0 Å². The zero-order chi connectivity index (χ0) is 19.5. The topological polar surface area (TPSA) is 54.5 Å². The van der Waals surface area contributed by atoms with Crippen molar-refractivity contribution in [3.63, 3.8) is 0 Å². The first-order valence-corrected chi connectivity index (χ1v) is 9.47. The molecule has 6 heteroatoms. The van der Waals surface area contributed by atoms with Crippen molar-refractivity contribution < 1.29 is 13.9 Å². The van der Waals surface area contributed by atoms with Gasteiger partial charge in [-0.25, -0.2) is 4.39 Å². The van der Waals surface area contributed by atoms with Crippen LogP contribution < -0.4 is 5.32 Å². The maximum absolute atomic E-state index is 14.0. The van der Waals surface area contributed by atoms with Gasteiger partial charge in [0.25, 0.3) is 5.91 Å². The van der Waals surface area contributed by atoms with Crippen LogP contribution in [0.5, 0.6) is 0 Å². The van der Waals surface area contributed by atoms with Crippen LogP contribution in [-0.2, 0) is 11.2 Å². The van der Waals surface area contributed by atoms with E-state index in [0.717, 1.165) is 17.7 Å². The molecule has 1 saturated heterocycles. The number of carbonyl (C=O) groups is 1. The van der Waals surface area contributed by atoms with Crippen molar-refractivity contribution in [2.75, 3.05) is 31.6 Å². The number of nitrogens with zero attached hydrogens (tertiary/aromatic N) is 2. The molecule has 144 valence electrons. The fourth-order valence-corrected chi connectivity index (χ4v) is 3.48. The summed E-state index contributed by atoms with van der Waals surface area (Å²) >= 11 is 0. The van der Waals surface area contributed by atoms with Crippen molar-refractivity contribution in [3.05, 3.63) is 65.6 Å². The van der Waals surface area contributed by atoms with Gasteiger partial charge in [0.05, 0.1) is 30.0 Å². The molecule has 1 aliphatic rings. The van der Waals surface area contributed by atoms with Gasteiger partial charge in [0.15, 0.2) is 0 Å². The van der Waals surface area contributed by atoms with Gasteiger partial charge >= 0.3 is 0 Å². The molecular weight excluding hydrogens is 357 g/mol. The van der Waals surface area contributed by atoms with E-state index >= 15 is 0 Å². The number of carbonyl (C=O) groups excluding carboxylic acids is 1. The van der Waals surface area contributed by atoms with E-state index in [9.17, 15) is 9.18 Å². The van der Waals surface area contributed by atoms with E-state index in [1.807, 2.05) is 24.3 Å². The van der Waals surface area contributed by atoms with Gasteiger partial charge in [-0.05, 0) is 36.2 Å². The standard InChI is InChI=1S/C22H22FN3O2/c1-2-15-5-3-4-6-19(15)25-21-17-13-16(23)7-8-20(17)24-14-18(21)22(27)26-9-11-28-12-10-26/h3-8,13-14H,2,9-12H2,1H3,(H,24,25). The molecule has 1 N–H and O–H groups in total. The highest BCUT2D eigenvalue weighted by Gasteiger charge is 2.23. The lowest BCUT2D eigenvalue weighted by Crippen LogP contribution is -2.41. The molecule has 5 nitrogen and oxygen atoms in total. The largest absolute Gasteiger partial charge is 0.378 e. The van der Waals surface area contributed by atoms with Crippen LogP contribution in [0, 0.1) is 5.82 Å². The number of morpholine rings is 1. The molecule has 1 fully saturated rings. The summed E-state index contributed by atoms with van der Waals surface area (Å²) in [5.74, 6) is -0.490. The fraction of sp³-hybridized carbons (Fsp3) is 0.273. The molecule has 0 aliphatic carbocycles. The van der Waals surface area contributed by atoms with Gasteiger partial charge in [0.1, 0.15) is 5.82 Å². The summed E-state index contributed by atoms with van der Waals surface area (Å²) in [5.41, 5.74) is 3.68. The van der Waals surface area contributed by atoms with Gasteiger partial charge in [-0.2, -0.15) is 0 Å². The molecule has 0 spiro atoms. The third-order valence-corrected chi connectivity index (χ3v) is 5.02. The monoisotopic (exact) mass is 379 g/mol. The molecule has 0 saturated carbocycles. The number of halogens is 1. The van der Waals surface area contributed by atoms with Gasteiger partial charge in [-0.1, -0.05) is 25.1 Å². The van der Waals surface area contributed by atoms with Crippen LogP contribution in [0.25, 0.3) is 10.9 Å². The van der Waals surface area contributed by atoms with Gasteiger partial charge in [0, 0.05) is 30.4 Å². The smallest absolute Gasteiger partial charge is 0.257 e. The van der Waals surface area contributed by atoms with Gasteiger partial charge in [-0.15, -0.1) is 0 Å². The first kappa shape index (κ1) is 18.4. The Kier molecular flexibility index (Phi) is 5.21. The third kappa shape index (κ3) is 3.55. The summed E-state index contributed by atoms with van der Waals surface area (Å²) in [7, 11) is 0. The van der Waals surface area contributed by atoms with Crippen molar-refractivity contribution in [3.8, 4) is 0 Å². The molecule has 1 aliphatic heterocycles. The van der Waals surface area contributed by atoms with Crippen molar-refractivity contribution >= 4 is 28.2 Å². The van der Waals surface area contributed by atoms with E-state index in [-0.39, 0.29) is 11.7 Å². The second kappa shape index (κ2) is 7.94. The molecule has 1 amide bonds. The lowest BCUT2D eigenvalue weighted by Gasteiger charge is -2.28. The molecule has 0 bridgehead atoms. The van der Waals surface area contributed by atoms with Gasteiger partial charge < -0.3 is 15.0 Å². The number of ether oxygens (including phenoxy) is 1. The van der Waals surface area contributed by atoms with E-state index in [0.29, 0.717) is 48.5 Å². The Hall–Kier alpha value is -2.99. The zero-order valence-corrected chi connectivity index (χ0v) is 15.7. The number of fused-ring (bicyclic) bond motifs is 1. The maximum Gasteiger partial charge on any atom is 0.257 e. The Bertz CT molecular complexity index is 1020. The van der Waals surface area contributed by atoms with E-state index < -0.39 is 0 Å². The quantitative estimate of drug-likeness (QED) is 0.740. The zero-order valence-electron chi connectivity index (χ0n) is 15.7. The van der Waals surface area contributed by atoms with Gasteiger partial charge in [0.2, 0.25) is 0 Å².